The van der Waals surface area contributed by atoms with E-state index in [0.29, 0.717) is 23.4 Å². The van der Waals surface area contributed by atoms with Gasteiger partial charge in [-0.1, -0.05) is 72.4 Å². The molecule has 5 atom stereocenters. The van der Waals surface area contributed by atoms with Gasteiger partial charge in [0.25, 0.3) is 0 Å². The predicted octanol–water partition coefficient (Wildman–Crippen LogP) is 5.78. The van der Waals surface area contributed by atoms with Gasteiger partial charge in [0.15, 0.2) is 0 Å². The van der Waals surface area contributed by atoms with Crippen molar-refractivity contribution < 1.29 is 9.31 Å². The fourth-order valence-electron chi connectivity index (χ4n) is 7.47. The van der Waals surface area contributed by atoms with E-state index >= 15 is 0 Å². The third kappa shape index (κ3) is 3.33. The van der Waals surface area contributed by atoms with E-state index in [-0.39, 0.29) is 12.7 Å². The fraction of sp³-hybridized carbons (Fsp3) is 1.00. The molecule has 0 spiro atoms. The molecule has 5 aliphatic rings. The van der Waals surface area contributed by atoms with Crippen LogP contribution in [0.1, 0.15) is 59.3 Å². The molecule has 28 heavy (non-hydrogen) atoms. The summed E-state index contributed by atoms with van der Waals surface area (Å²) in [6, 6.07) is 0. The Hall–Kier alpha value is 0.379. The Morgan fingerprint density at radius 2 is 1.61 bits per heavy atom. The van der Waals surface area contributed by atoms with E-state index in [1.54, 1.807) is 0 Å². The molecular weight excluding hydrogens is 377 g/mol. The molecule has 0 aromatic rings. The highest BCUT2D eigenvalue weighted by molar-refractivity contribution is 6.90. The normalized spacial score (nSPS) is 38.8. The van der Waals surface area contributed by atoms with Crippen LogP contribution in [0.15, 0.2) is 0 Å². The van der Waals surface area contributed by atoms with Crippen molar-refractivity contribution in [3.63, 3.8) is 0 Å². The summed E-state index contributed by atoms with van der Waals surface area (Å²) in [5, 5.41) is 0. The van der Waals surface area contributed by atoms with Crippen LogP contribution in [0.3, 0.4) is 0 Å². The SMILES string of the molecule is CC1(C)[C@@H]2C[C@H]3OB([C@H](CC4CCC4)N([Si](C)(C)C)[Si](C)(C)C)O[C@@]3(C)[C@H]1C2. The van der Waals surface area contributed by atoms with Gasteiger partial charge in [-0.3, -0.25) is 0 Å². The standard InChI is InChI=1S/C22H44BNO2Si2/c1-21(2)17-14-18(21)22(3)19(15-17)25-23(26-22)20(13-16-11-10-12-16)24(27(4,5)6)28(7,8)9/h16-20H,10-15H2,1-9H3/t17-,18-,19+,20-,22-/m0/s1. The van der Waals surface area contributed by atoms with E-state index in [1.165, 1.54) is 38.5 Å². The van der Waals surface area contributed by atoms with Crippen molar-refractivity contribution >= 4 is 23.6 Å². The minimum absolute atomic E-state index is 0.0239. The number of rotatable bonds is 6. The van der Waals surface area contributed by atoms with Crippen molar-refractivity contribution in [2.45, 2.75) is 116 Å². The summed E-state index contributed by atoms with van der Waals surface area (Å²) in [6.07, 6.45) is 8.37. The van der Waals surface area contributed by atoms with E-state index in [9.17, 15) is 0 Å². The molecule has 0 aromatic heterocycles. The van der Waals surface area contributed by atoms with Gasteiger partial charge in [-0.15, -0.1) is 0 Å². The molecule has 4 saturated carbocycles. The van der Waals surface area contributed by atoms with Gasteiger partial charge in [-0.25, -0.2) is 0 Å². The highest BCUT2D eigenvalue weighted by atomic mass is 28.4. The summed E-state index contributed by atoms with van der Waals surface area (Å²) in [5.41, 5.74) is 0.343. The van der Waals surface area contributed by atoms with Gasteiger partial charge in [-0.2, -0.15) is 0 Å². The topological polar surface area (TPSA) is 21.7 Å². The van der Waals surface area contributed by atoms with Gasteiger partial charge in [0.2, 0.25) is 0 Å². The Morgan fingerprint density at radius 3 is 2.07 bits per heavy atom. The van der Waals surface area contributed by atoms with Gasteiger partial charge >= 0.3 is 7.12 Å². The summed E-state index contributed by atoms with van der Waals surface area (Å²) < 4.78 is 16.9. The Kier molecular flexibility index (Phi) is 5.16. The van der Waals surface area contributed by atoms with Crippen LogP contribution in [0.4, 0.5) is 0 Å². The van der Waals surface area contributed by atoms with Crippen molar-refractivity contribution in [2.75, 3.05) is 0 Å². The van der Waals surface area contributed by atoms with E-state index in [0.717, 1.165) is 11.8 Å². The Labute approximate surface area is 176 Å². The monoisotopic (exact) mass is 421 g/mol. The first-order chi connectivity index (χ1) is 12.7. The summed E-state index contributed by atoms with van der Waals surface area (Å²) in [7, 11) is -2.99. The van der Waals surface area contributed by atoms with Gasteiger partial charge in [0.1, 0.15) is 16.5 Å². The molecule has 5 rings (SSSR count). The molecule has 4 aliphatic carbocycles. The number of nitrogens with zero attached hydrogens (tertiary/aromatic N) is 1. The van der Waals surface area contributed by atoms with Gasteiger partial charge in [0, 0.05) is 5.94 Å². The first-order valence-corrected chi connectivity index (χ1v) is 18.8. The molecule has 5 fully saturated rings. The summed E-state index contributed by atoms with van der Waals surface area (Å²) in [6.45, 7) is 22.5. The van der Waals surface area contributed by atoms with Crippen LogP contribution in [0.25, 0.3) is 0 Å². The number of hydrogen-bond acceptors (Lipinski definition) is 3. The molecule has 1 heterocycles. The molecular formula is C22H44BNO2Si2. The second-order valence-corrected chi connectivity index (χ2v) is 23.2. The van der Waals surface area contributed by atoms with Crippen LogP contribution in [-0.2, 0) is 9.31 Å². The van der Waals surface area contributed by atoms with Crippen LogP contribution in [0.2, 0.25) is 39.3 Å². The summed E-state index contributed by atoms with van der Waals surface area (Å²) in [5.74, 6) is 2.82. The van der Waals surface area contributed by atoms with Crippen LogP contribution >= 0.6 is 0 Å². The first-order valence-electron chi connectivity index (χ1n) is 11.9. The lowest BCUT2D eigenvalue weighted by molar-refractivity contribution is -0.199. The van der Waals surface area contributed by atoms with Crippen molar-refractivity contribution in [1.82, 2.24) is 4.23 Å². The highest BCUT2D eigenvalue weighted by Crippen LogP contribution is 2.66. The lowest BCUT2D eigenvalue weighted by Crippen LogP contribution is -2.68. The third-order valence-electron chi connectivity index (χ3n) is 8.86. The summed E-state index contributed by atoms with van der Waals surface area (Å²) >= 11 is 0. The fourth-order valence-corrected chi connectivity index (χ4v) is 18.0. The zero-order valence-corrected chi connectivity index (χ0v) is 22.0. The average Bonchev–Trinajstić information content (AvgIpc) is 2.83. The van der Waals surface area contributed by atoms with Crippen LogP contribution in [0.5, 0.6) is 0 Å². The van der Waals surface area contributed by atoms with Crippen molar-refractivity contribution in [3.05, 3.63) is 0 Å². The molecule has 0 unspecified atom stereocenters. The van der Waals surface area contributed by atoms with E-state index in [1.807, 2.05) is 0 Å². The van der Waals surface area contributed by atoms with Gasteiger partial charge in [-0.05, 0) is 49.4 Å². The van der Waals surface area contributed by atoms with Crippen LogP contribution < -0.4 is 0 Å². The van der Waals surface area contributed by atoms with Crippen molar-refractivity contribution in [2.24, 2.45) is 23.2 Å². The lowest BCUT2D eigenvalue weighted by atomic mass is 9.43. The smallest absolute Gasteiger partial charge is 0.404 e. The molecule has 0 amide bonds. The second-order valence-electron chi connectivity index (χ2n) is 13.1. The maximum absolute atomic E-state index is 7.02. The quantitative estimate of drug-likeness (QED) is 0.507. The van der Waals surface area contributed by atoms with Gasteiger partial charge in [0.05, 0.1) is 11.7 Å². The highest BCUT2D eigenvalue weighted by Gasteiger charge is 2.69. The molecule has 160 valence electrons. The molecule has 0 aromatic carbocycles. The van der Waals surface area contributed by atoms with Gasteiger partial charge < -0.3 is 13.5 Å². The Balaban J connectivity index is 1.62. The molecule has 1 aliphatic heterocycles. The van der Waals surface area contributed by atoms with Crippen molar-refractivity contribution in [3.8, 4) is 0 Å². The maximum atomic E-state index is 7.02. The van der Waals surface area contributed by atoms with E-state index in [4.69, 9.17) is 9.31 Å². The van der Waals surface area contributed by atoms with Crippen LogP contribution in [-0.4, -0.2) is 45.5 Å². The number of hydrogen-bond donors (Lipinski definition) is 0. The molecule has 3 nitrogen and oxygen atoms in total. The summed E-state index contributed by atoms with van der Waals surface area (Å²) in [4.78, 5) is 0. The molecule has 2 bridgehead atoms. The molecule has 6 heteroatoms. The van der Waals surface area contributed by atoms with Crippen molar-refractivity contribution in [1.29, 1.82) is 0 Å². The minimum Gasteiger partial charge on any atom is -0.404 e. The zero-order chi connectivity index (χ0) is 20.7. The molecule has 0 N–H and O–H groups in total. The molecule has 1 saturated heterocycles. The van der Waals surface area contributed by atoms with Crippen LogP contribution in [0, 0.1) is 23.2 Å². The molecule has 0 radical (unpaired) electrons. The first kappa shape index (κ1) is 21.6. The second kappa shape index (κ2) is 6.69. The predicted molar refractivity (Wildman–Crippen MR) is 124 cm³/mol. The average molecular weight is 422 g/mol. The zero-order valence-electron chi connectivity index (χ0n) is 20.0. The van der Waals surface area contributed by atoms with E-state index < -0.39 is 16.5 Å². The Morgan fingerprint density at radius 1 is 1.00 bits per heavy atom. The third-order valence-corrected chi connectivity index (χ3v) is 16.4. The lowest BCUT2D eigenvalue weighted by Gasteiger charge is -2.64. The van der Waals surface area contributed by atoms with E-state index in [2.05, 4.69) is 64.3 Å². The maximum Gasteiger partial charge on any atom is 0.474 e. The largest absolute Gasteiger partial charge is 0.474 e. The Bertz CT molecular complexity index is 599. The minimum atomic E-state index is -1.48.